The topological polar surface area (TPSA) is 64.6 Å². The molecule has 5 heteroatoms. The molecule has 1 saturated carbocycles. The Hall–Kier alpha value is -2.82. The molecule has 0 spiro atoms. The van der Waals surface area contributed by atoms with Gasteiger partial charge in [0.2, 0.25) is 0 Å². The normalized spacial score (nSPS) is 14.4. The molecule has 1 amide bonds. The summed E-state index contributed by atoms with van der Waals surface area (Å²) in [5.41, 5.74) is 1.46. The number of carbonyl (C=O) groups is 2. The van der Waals surface area contributed by atoms with Gasteiger partial charge in [0.15, 0.2) is 6.10 Å². The third-order valence-corrected chi connectivity index (χ3v) is 3.92. The number of ether oxygens (including phenoxy) is 2. The second kappa shape index (κ2) is 7.83. The van der Waals surface area contributed by atoms with E-state index in [-0.39, 0.29) is 11.9 Å². The number of rotatable bonds is 7. The summed E-state index contributed by atoms with van der Waals surface area (Å²) in [5.74, 6) is -0.105. The molecule has 1 fully saturated rings. The van der Waals surface area contributed by atoms with Gasteiger partial charge in [-0.3, -0.25) is 4.79 Å². The van der Waals surface area contributed by atoms with Crippen LogP contribution in [0.2, 0.25) is 0 Å². The predicted octanol–water partition coefficient (Wildman–Crippen LogP) is 3.09. The van der Waals surface area contributed by atoms with Crippen molar-refractivity contribution in [3.63, 3.8) is 0 Å². The average Bonchev–Trinajstić information content (AvgIpc) is 3.45. The van der Waals surface area contributed by atoms with Crippen LogP contribution in [-0.4, -0.2) is 24.0 Å². The smallest absolute Gasteiger partial charge is 0.338 e. The summed E-state index contributed by atoms with van der Waals surface area (Å²) in [5, 5.41) is 2.82. The molecule has 0 saturated heterocycles. The summed E-state index contributed by atoms with van der Waals surface area (Å²) in [7, 11) is 0. The molecule has 1 aliphatic rings. The highest BCUT2D eigenvalue weighted by Gasteiger charge is 2.27. The minimum Gasteiger partial charge on any atom is -0.489 e. The van der Waals surface area contributed by atoms with Crippen LogP contribution < -0.4 is 10.1 Å². The molecule has 0 bridgehead atoms. The van der Waals surface area contributed by atoms with E-state index in [1.54, 1.807) is 31.2 Å². The number of hydrogen-bond donors (Lipinski definition) is 1. The van der Waals surface area contributed by atoms with E-state index in [0.717, 1.165) is 18.4 Å². The Labute approximate surface area is 147 Å². The maximum absolute atomic E-state index is 12.1. The van der Waals surface area contributed by atoms with Gasteiger partial charge in [0, 0.05) is 6.04 Å². The number of carbonyl (C=O) groups excluding carboxylic acids is 2. The van der Waals surface area contributed by atoms with Crippen molar-refractivity contribution in [3.8, 4) is 5.75 Å². The molecule has 1 atom stereocenters. The highest BCUT2D eigenvalue weighted by atomic mass is 16.5. The lowest BCUT2D eigenvalue weighted by Crippen LogP contribution is -2.37. The first kappa shape index (κ1) is 17.0. The van der Waals surface area contributed by atoms with Crippen LogP contribution in [0.1, 0.15) is 35.7 Å². The van der Waals surface area contributed by atoms with Crippen molar-refractivity contribution >= 4 is 11.9 Å². The van der Waals surface area contributed by atoms with E-state index in [0.29, 0.717) is 17.9 Å². The van der Waals surface area contributed by atoms with Gasteiger partial charge in [-0.05, 0) is 49.6 Å². The Morgan fingerprint density at radius 1 is 1.08 bits per heavy atom. The third kappa shape index (κ3) is 5.08. The van der Waals surface area contributed by atoms with Crippen LogP contribution in [0.3, 0.4) is 0 Å². The number of hydrogen-bond acceptors (Lipinski definition) is 4. The first-order valence-corrected chi connectivity index (χ1v) is 8.40. The minimum absolute atomic E-state index is 0.245. The molecule has 0 aromatic heterocycles. The molecule has 0 unspecified atom stereocenters. The fourth-order valence-electron chi connectivity index (χ4n) is 2.26. The maximum Gasteiger partial charge on any atom is 0.338 e. The molecule has 2 aromatic carbocycles. The van der Waals surface area contributed by atoms with Crippen molar-refractivity contribution in [1.82, 2.24) is 5.32 Å². The molecule has 1 N–H and O–H groups in total. The van der Waals surface area contributed by atoms with Crippen LogP contribution in [0.4, 0.5) is 0 Å². The van der Waals surface area contributed by atoms with Gasteiger partial charge in [0.05, 0.1) is 5.56 Å². The molecular formula is C20H21NO4. The van der Waals surface area contributed by atoms with E-state index in [9.17, 15) is 9.59 Å². The lowest BCUT2D eigenvalue weighted by atomic mass is 10.2. The number of benzene rings is 2. The zero-order valence-electron chi connectivity index (χ0n) is 14.1. The van der Waals surface area contributed by atoms with Gasteiger partial charge >= 0.3 is 5.97 Å². The van der Waals surface area contributed by atoms with E-state index in [1.807, 2.05) is 30.3 Å². The van der Waals surface area contributed by atoms with Gasteiger partial charge in [-0.15, -0.1) is 0 Å². The SMILES string of the molecule is C[C@H](OC(=O)c1ccc(OCc2ccccc2)cc1)C(=O)NC1CC1. The Morgan fingerprint density at radius 2 is 1.76 bits per heavy atom. The highest BCUT2D eigenvalue weighted by Crippen LogP contribution is 2.19. The van der Waals surface area contributed by atoms with Gasteiger partial charge in [0.1, 0.15) is 12.4 Å². The second-order valence-corrected chi connectivity index (χ2v) is 6.13. The van der Waals surface area contributed by atoms with E-state index in [1.165, 1.54) is 0 Å². The van der Waals surface area contributed by atoms with Crippen molar-refractivity contribution in [3.05, 3.63) is 65.7 Å². The largest absolute Gasteiger partial charge is 0.489 e. The maximum atomic E-state index is 12.1. The fourth-order valence-corrected chi connectivity index (χ4v) is 2.26. The van der Waals surface area contributed by atoms with Crippen molar-refractivity contribution in [2.75, 3.05) is 0 Å². The molecular weight excluding hydrogens is 318 g/mol. The van der Waals surface area contributed by atoms with Gasteiger partial charge in [0.25, 0.3) is 5.91 Å². The van der Waals surface area contributed by atoms with Crippen LogP contribution in [-0.2, 0) is 16.1 Å². The van der Waals surface area contributed by atoms with Crippen LogP contribution in [0.5, 0.6) is 5.75 Å². The third-order valence-electron chi connectivity index (χ3n) is 3.92. The molecule has 130 valence electrons. The second-order valence-electron chi connectivity index (χ2n) is 6.13. The zero-order valence-corrected chi connectivity index (χ0v) is 14.1. The molecule has 1 aliphatic carbocycles. The van der Waals surface area contributed by atoms with Crippen LogP contribution in [0, 0.1) is 0 Å². The molecule has 3 rings (SSSR count). The lowest BCUT2D eigenvalue weighted by molar-refractivity contribution is -0.129. The monoisotopic (exact) mass is 339 g/mol. The Morgan fingerprint density at radius 3 is 2.40 bits per heavy atom. The van der Waals surface area contributed by atoms with Gasteiger partial charge < -0.3 is 14.8 Å². The van der Waals surface area contributed by atoms with Crippen LogP contribution in [0.15, 0.2) is 54.6 Å². The Kier molecular flexibility index (Phi) is 5.33. The first-order chi connectivity index (χ1) is 12.1. The van der Waals surface area contributed by atoms with Crippen molar-refractivity contribution < 1.29 is 19.1 Å². The average molecular weight is 339 g/mol. The molecule has 0 heterocycles. The Balaban J connectivity index is 1.50. The molecule has 0 radical (unpaired) electrons. The number of esters is 1. The number of amides is 1. The van der Waals surface area contributed by atoms with Crippen molar-refractivity contribution in [1.29, 1.82) is 0 Å². The van der Waals surface area contributed by atoms with Crippen LogP contribution >= 0.6 is 0 Å². The predicted molar refractivity (Wildman–Crippen MR) is 93.3 cm³/mol. The summed E-state index contributed by atoms with van der Waals surface area (Å²) in [6.07, 6.45) is 1.19. The molecule has 25 heavy (non-hydrogen) atoms. The molecule has 2 aromatic rings. The standard InChI is InChI=1S/C20H21NO4/c1-14(19(22)21-17-9-10-17)25-20(23)16-7-11-18(12-8-16)24-13-15-5-3-2-4-6-15/h2-8,11-12,14,17H,9-10,13H2,1H3,(H,21,22)/t14-/m0/s1. The molecule has 5 nitrogen and oxygen atoms in total. The van der Waals surface area contributed by atoms with Gasteiger partial charge in [-0.25, -0.2) is 4.79 Å². The zero-order chi connectivity index (χ0) is 17.6. The number of nitrogens with one attached hydrogen (secondary N) is 1. The molecule has 0 aliphatic heterocycles. The van der Waals surface area contributed by atoms with Gasteiger partial charge in [-0.1, -0.05) is 30.3 Å². The fraction of sp³-hybridized carbons (Fsp3) is 0.300. The summed E-state index contributed by atoms with van der Waals surface area (Å²) in [6, 6.07) is 16.8. The summed E-state index contributed by atoms with van der Waals surface area (Å²) in [6.45, 7) is 2.04. The minimum atomic E-state index is -0.804. The van der Waals surface area contributed by atoms with Crippen molar-refractivity contribution in [2.24, 2.45) is 0 Å². The van der Waals surface area contributed by atoms with Crippen molar-refractivity contribution in [2.45, 2.75) is 38.5 Å². The van der Waals surface area contributed by atoms with E-state index in [4.69, 9.17) is 9.47 Å². The summed E-state index contributed by atoms with van der Waals surface area (Å²) >= 11 is 0. The van der Waals surface area contributed by atoms with Crippen LogP contribution in [0.25, 0.3) is 0 Å². The lowest BCUT2D eigenvalue weighted by Gasteiger charge is -2.13. The van der Waals surface area contributed by atoms with E-state index < -0.39 is 12.1 Å². The summed E-state index contributed by atoms with van der Waals surface area (Å²) in [4.78, 5) is 23.9. The quantitative estimate of drug-likeness (QED) is 0.787. The first-order valence-electron chi connectivity index (χ1n) is 8.40. The van der Waals surface area contributed by atoms with Gasteiger partial charge in [-0.2, -0.15) is 0 Å². The summed E-state index contributed by atoms with van der Waals surface area (Å²) < 4.78 is 10.9. The highest BCUT2D eigenvalue weighted by molar-refractivity contribution is 5.92. The van der Waals surface area contributed by atoms with E-state index >= 15 is 0 Å². The Bertz CT molecular complexity index is 723. The van der Waals surface area contributed by atoms with E-state index in [2.05, 4.69) is 5.32 Å².